The van der Waals surface area contributed by atoms with Gasteiger partial charge in [0, 0.05) is 11.6 Å². The predicted molar refractivity (Wildman–Crippen MR) is 87.0 cm³/mol. The highest BCUT2D eigenvalue weighted by Gasteiger charge is 2.07. The fourth-order valence-corrected chi connectivity index (χ4v) is 1.68. The van der Waals surface area contributed by atoms with Crippen molar-refractivity contribution in [1.82, 2.24) is 10.2 Å². The summed E-state index contributed by atoms with van der Waals surface area (Å²) in [6, 6.07) is 6.97. The first kappa shape index (κ1) is 20.5. The summed E-state index contributed by atoms with van der Waals surface area (Å²) >= 11 is 5.75. The summed E-state index contributed by atoms with van der Waals surface area (Å²) in [5.74, 6) is -0.353. The van der Waals surface area contributed by atoms with Crippen LogP contribution in [0.2, 0.25) is 5.02 Å². The van der Waals surface area contributed by atoms with E-state index in [2.05, 4.69) is 5.32 Å². The van der Waals surface area contributed by atoms with Gasteiger partial charge in [0.25, 0.3) is 0 Å². The van der Waals surface area contributed by atoms with E-state index in [9.17, 15) is 9.59 Å². The number of rotatable bonds is 9. The molecule has 0 heterocycles. The second-order valence-corrected chi connectivity index (χ2v) is 4.97. The average molecular weight is 351 g/mol. The first-order valence-corrected chi connectivity index (χ1v) is 6.90. The second-order valence-electron chi connectivity index (χ2n) is 4.53. The van der Waals surface area contributed by atoms with Gasteiger partial charge in [0.2, 0.25) is 5.91 Å². The molecule has 0 aliphatic heterocycles. The van der Waals surface area contributed by atoms with Crippen LogP contribution in [0.5, 0.6) is 5.75 Å². The fourth-order valence-electron chi connectivity index (χ4n) is 1.56. The van der Waals surface area contributed by atoms with Gasteiger partial charge >= 0.3 is 5.97 Å². The Bertz CT molecular complexity index is 468. The molecule has 0 aliphatic carbocycles. The van der Waals surface area contributed by atoms with Crippen LogP contribution >= 0.6 is 24.0 Å². The zero-order valence-electron chi connectivity index (χ0n) is 12.3. The number of carbonyl (C=O) groups is 2. The quantitative estimate of drug-likeness (QED) is 0.662. The van der Waals surface area contributed by atoms with E-state index in [4.69, 9.17) is 21.4 Å². The summed E-state index contributed by atoms with van der Waals surface area (Å²) in [5.41, 5.74) is 0. The molecule has 0 aliphatic rings. The maximum atomic E-state index is 11.6. The largest absolute Gasteiger partial charge is 0.492 e. The number of aliphatic carboxylic acids is 1. The highest BCUT2D eigenvalue weighted by molar-refractivity contribution is 6.30. The minimum atomic E-state index is -0.876. The normalized spacial score (nSPS) is 9.95. The van der Waals surface area contributed by atoms with E-state index in [-0.39, 0.29) is 31.3 Å². The summed E-state index contributed by atoms with van der Waals surface area (Å²) in [6.07, 6.45) is 0.0173. The van der Waals surface area contributed by atoms with Crippen molar-refractivity contribution in [2.75, 3.05) is 33.3 Å². The van der Waals surface area contributed by atoms with Crippen LogP contribution in [0.4, 0.5) is 0 Å². The second kappa shape index (κ2) is 11.1. The fraction of sp³-hybridized carbons (Fsp3) is 0.429. The van der Waals surface area contributed by atoms with Gasteiger partial charge in [-0.2, -0.15) is 0 Å². The lowest BCUT2D eigenvalue weighted by molar-refractivity contribution is -0.137. The molecule has 0 atom stereocenters. The Kier molecular flexibility index (Phi) is 10.4. The topological polar surface area (TPSA) is 78.9 Å². The number of benzene rings is 1. The molecule has 0 fully saturated rings. The maximum Gasteiger partial charge on any atom is 0.304 e. The van der Waals surface area contributed by atoms with Crippen molar-refractivity contribution >= 4 is 35.9 Å². The summed E-state index contributed by atoms with van der Waals surface area (Å²) in [7, 11) is 1.70. The number of ether oxygens (including phenoxy) is 1. The zero-order chi connectivity index (χ0) is 15.7. The van der Waals surface area contributed by atoms with Gasteiger partial charge < -0.3 is 15.2 Å². The Labute approximate surface area is 140 Å². The Morgan fingerprint density at radius 1 is 1.32 bits per heavy atom. The lowest BCUT2D eigenvalue weighted by Crippen LogP contribution is -2.37. The molecular formula is C14H20Cl2N2O4. The maximum absolute atomic E-state index is 11.6. The number of nitrogens with one attached hydrogen (secondary N) is 1. The molecule has 124 valence electrons. The highest BCUT2D eigenvalue weighted by Crippen LogP contribution is 2.14. The van der Waals surface area contributed by atoms with Gasteiger partial charge in [-0.25, -0.2) is 0 Å². The Balaban J connectivity index is 0.00000441. The molecule has 1 rings (SSSR count). The molecule has 1 aromatic carbocycles. The third kappa shape index (κ3) is 9.44. The molecular weight excluding hydrogens is 331 g/mol. The summed E-state index contributed by atoms with van der Waals surface area (Å²) in [4.78, 5) is 23.6. The van der Waals surface area contributed by atoms with Gasteiger partial charge in [-0.3, -0.25) is 14.5 Å². The van der Waals surface area contributed by atoms with Crippen LogP contribution in [0.25, 0.3) is 0 Å². The first-order chi connectivity index (χ1) is 9.97. The molecule has 1 aromatic rings. The van der Waals surface area contributed by atoms with E-state index in [0.29, 0.717) is 30.5 Å². The minimum absolute atomic E-state index is 0. The van der Waals surface area contributed by atoms with Gasteiger partial charge in [0.1, 0.15) is 12.4 Å². The lowest BCUT2D eigenvalue weighted by atomic mass is 10.3. The van der Waals surface area contributed by atoms with Crippen molar-refractivity contribution in [2.45, 2.75) is 6.42 Å². The molecule has 8 heteroatoms. The van der Waals surface area contributed by atoms with Crippen molar-refractivity contribution in [3.8, 4) is 5.75 Å². The van der Waals surface area contributed by atoms with Gasteiger partial charge in [0.15, 0.2) is 0 Å². The van der Waals surface area contributed by atoms with Crippen molar-refractivity contribution < 1.29 is 19.4 Å². The molecule has 22 heavy (non-hydrogen) atoms. The molecule has 0 saturated carbocycles. The Hall–Kier alpha value is -1.50. The SMILES string of the molecule is CN(CCC(=O)O)CC(=O)NCCOc1ccc(Cl)cc1.Cl. The van der Waals surface area contributed by atoms with Gasteiger partial charge in [-0.1, -0.05) is 11.6 Å². The van der Waals surface area contributed by atoms with Crippen LogP contribution in [-0.4, -0.2) is 55.2 Å². The van der Waals surface area contributed by atoms with Crippen molar-refractivity contribution in [3.63, 3.8) is 0 Å². The zero-order valence-corrected chi connectivity index (χ0v) is 13.8. The Morgan fingerprint density at radius 3 is 2.55 bits per heavy atom. The molecule has 0 aromatic heterocycles. The smallest absolute Gasteiger partial charge is 0.304 e. The minimum Gasteiger partial charge on any atom is -0.492 e. The number of hydrogen-bond acceptors (Lipinski definition) is 4. The number of halogens is 2. The molecule has 0 saturated heterocycles. The lowest BCUT2D eigenvalue weighted by Gasteiger charge is -2.15. The third-order valence-electron chi connectivity index (χ3n) is 2.63. The molecule has 0 radical (unpaired) electrons. The number of carboxylic acid groups (broad SMARTS) is 1. The van der Waals surface area contributed by atoms with Gasteiger partial charge in [-0.15, -0.1) is 12.4 Å². The number of carbonyl (C=O) groups excluding carboxylic acids is 1. The van der Waals surface area contributed by atoms with Crippen molar-refractivity contribution in [1.29, 1.82) is 0 Å². The molecule has 0 spiro atoms. The number of nitrogens with zero attached hydrogens (tertiary/aromatic N) is 1. The predicted octanol–water partition coefficient (Wildman–Crippen LogP) is 1.66. The van der Waals surface area contributed by atoms with Crippen LogP contribution in [-0.2, 0) is 9.59 Å². The molecule has 1 amide bonds. The molecule has 6 nitrogen and oxygen atoms in total. The number of likely N-dealkylation sites (N-methyl/N-ethyl adjacent to an activating group) is 1. The van der Waals surface area contributed by atoms with Crippen LogP contribution in [0, 0.1) is 0 Å². The van der Waals surface area contributed by atoms with E-state index < -0.39 is 5.97 Å². The summed E-state index contributed by atoms with van der Waals surface area (Å²) in [5, 5.41) is 11.9. The molecule has 0 unspecified atom stereocenters. The van der Waals surface area contributed by atoms with Crippen LogP contribution in [0.3, 0.4) is 0 Å². The van der Waals surface area contributed by atoms with E-state index in [1.807, 2.05) is 0 Å². The van der Waals surface area contributed by atoms with Gasteiger partial charge in [-0.05, 0) is 31.3 Å². The standard InChI is InChI=1S/C14H19ClN2O4.ClH/c1-17(8-6-14(19)20)10-13(18)16-7-9-21-12-4-2-11(15)3-5-12;/h2-5H,6-10H2,1H3,(H,16,18)(H,19,20);1H. The Morgan fingerprint density at radius 2 is 1.95 bits per heavy atom. The number of carboxylic acids is 1. The molecule has 2 N–H and O–H groups in total. The van der Waals surface area contributed by atoms with Crippen molar-refractivity contribution in [2.24, 2.45) is 0 Å². The first-order valence-electron chi connectivity index (χ1n) is 6.53. The van der Waals surface area contributed by atoms with Crippen LogP contribution in [0.15, 0.2) is 24.3 Å². The van der Waals surface area contributed by atoms with E-state index in [1.165, 1.54) is 0 Å². The molecule has 0 bridgehead atoms. The van der Waals surface area contributed by atoms with E-state index >= 15 is 0 Å². The van der Waals surface area contributed by atoms with E-state index in [0.717, 1.165) is 0 Å². The highest BCUT2D eigenvalue weighted by atomic mass is 35.5. The third-order valence-corrected chi connectivity index (χ3v) is 2.88. The monoisotopic (exact) mass is 350 g/mol. The van der Waals surface area contributed by atoms with Crippen molar-refractivity contribution in [3.05, 3.63) is 29.3 Å². The number of amides is 1. The van der Waals surface area contributed by atoms with E-state index in [1.54, 1.807) is 36.2 Å². The summed E-state index contributed by atoms with van der Waals surface area (Å²) < 4.78 is 5.43. The average Bonchev–Trinajstić information content (AvgIpc) is 2.43. The number of hydrogen-bond donors (Lipinski definition) is 2. The van der Waals surface area contributed by atoms with Crippen LogP contribution < -0.4 is 10.1 Å². The summed E-state index contributed by atoms with van der Waals surface area (Å²) in [6.45, 7) is 1.23. The van der Waals surface area contributed by atoms with Crippen LogP contribution in [0.1, 0.15) is 6.42 Å². The van der Waals surface area contributed by atoms with Gasteiger partial charge in [0.05, 0.1) is 19.5 Å².